The minimum atomic E-state index is 0.0533. The molecule has 1 heterocycles. The number of carbonyl (C=O) groups is 1. The number of methoxy groups -OCH3 is 2. The highest BCUT2D eigenvalue weighted by Gasteiger charge is 2.26. The Balaban J connectivity index is 1.52. The number of likely N-dealkylation sites (tertiary alicyclic amines) is 1. The van der Waals surface area contributed by atoms with Gasteiger partial charge in [0.1, 0.15) is 6.10 Å². The Morgan fingerprint density at radius 2 is 1.63 bits per heavy atom. The molecule has 3 rings (SSSR count). The number of ether oxygens (including phenoxy) is 3. The summed E-state index contributed by atoms with van der Waals surface area (Å²) >= 11 is 0. The predicted molar refractivity (Wildman–Crippen MR) is 117 cm³/mol. The van der Waals surface area contributed by atoms with E-state index >= 15 is 0 Å². The van der Waals surface area contributed by atoms with E-state index < -0.39 is 0 Å². The summed E-state index contributed by atoms with van der Waals surface area (Å²) in [5.74, 6) is 2.12. The van der Waals surface area contributed by atoms with E-state index in [1.165, 1.54) is 0 Å². The monoisotopic (exact) mass is 412 g/mol. The number of amides is 1. The number of likely N-dealkylation sites (N-methyl/N-ethyl adjacent to an activating group) is 1. The van der Waals surface area contributed by atoms with Crippen LogP contribution in [0, 0.1) is 0 Å². The van der Waals surface area contributed by atoms with Crippen LogP contribution in [0.2, 0.25) is 0 Å². The van der Waals surface area contributed by atoms with Gasteiger partial charge >= 0.3 is 0 Å². The Kier molecular flexibility index (Phi) is 7.57. The van der Waals surface area contributed by atoms with E-state index in [2.05, 4.69) is 24.0 Å². The van der Waals surface area contributed by atoms with Crippen LogP contribution < -0.4 is 14.2 Å². The van der Waals surface area contributed by atoms with Gasteiger partial charge in [-0.3, -0.25) is 9.69 Å². The second-order valence-electron chi connectivity index (χ2n) is 7.68. The summed E-state index contributed by atoms with van der Waals surface area (Å²) in [5.41, 5.74) is 1.14. The minimum Gasteiger partial charge on any atom is -0.493 e. The molecule has 0 spiro atoms. The summed E-state index contributed by atoms with van der Waals surface area (Å²) in [5, 5.41) is 0. The van der Waals surface area contributed by atoms with Crippen molar-refractivity contribution in [3.05, 3.63) is 54.1 Å². The van der Waals surface area contributed by atoms with Crippen molar-refractivity contribution in [2.45, 2.75) is 31.9 Å². The summed E-state index contributed by atoms with van der Waals surface area (Å²) in [7, 11) is 5.13. The van der Waals surface area contributed by atoms with Crippen LogP contribution in [-0.2, 0) is 4.79 Å². The highest BCUT2D eigenvalue weighted by molar-refractivity contribution is 5.78. The lowest BCUT2D eigenvalue weighted by Crippen LogP contribution is -2.44. The maximum absolute atomic E-state index is 12.8. The highest BCUT2D eigenvalue weighted by atomic mass is 16.5. The Morgan fingerprint density at radius 1 is 1.03 bits per heavy atom. The molecule has 1 unspecified atom stereocenters. The first kappa shape index (κ1) is 22.0. The van der Waals surface area contributed by atoms with E-state index in [0.717, 1.165) is 31.5 Å². The summed E-state index contributed by atoms with van der Waals surface area (Å²) in [6.45, 7) is 4.13. The summed E-state index contributed by atoms with van der Waals surface area (Å²) < 4.78 is 17.1. The number of carbonyl (C=O) groups excluding carboxylic acids is 1. The standard InChI is InChI=1S/C24H32N2O4/c1-18(19-9-6-5-7-10-19)25(2)23(27)17-26-15-13-20(14-16-26)30-24-21(28-3)11-8-12-22(24)29-4/h5-12,18,20H,13-17H2,1-4H3. The number of rotatable bonds is 8. The molecule has 0 bridgehead atoms. The molecule has 0 aliphatic carbocycles. The zero-order valence-corrected chi connectivity index (χ0v) is 18.3. The average molecular weight is 413 g/mol. The lowest BCUT2D eigenvalue weighted by atomic mass is 10.1. The molecule has 0 radical (unpaired) electrons. The summed E-state index contributed by atoms with van der Waals surface area (Å²) in [6, 6.07) is 15.8. The van der Waals surface area contributed by atoms with Gasteiger partial charge in [-0.15, -0.1) is 0 Å². The quantitative estimate of drug-likeness (QED) is 0.661. The molecule has 6 heteroatoms. The van der Waals surface area contributed by atoms with Crippen LogP contribution in [0.5, 0.6) is 17.2 Å². The third-order valence-electron chi connectivity index (χ3n) is 5.82. The van der Waals surface area contributed by atoms with Gasteiger partial charge in [0.15, 0.2) is 11.5 Å². The van der Waals surface area contributed by atoms with E-state index in [0.29, 0.717) is 23.8 Å². The molecule has 1 fully saturated rings. The Hall–Kier alpha value is -2.73. The molecule has 1 amide bonds. The van der Waals surface area contributed by atoms with Crippen LogP contribution >= 0.6 is 0 Å². The van der Waals surface area contributed by atoms with Crippen molar-refractivity contribution >= 4 is 5.91 Å². The molecule has 0 aromatic heterocycles. The van der Waals surface area contributed by atoms with Gasteiger partial charge < -0.3 is 19.1 Å². The molecule has 0 saturated carbocycles. The number of para-hydroxylation sites is 1. The van der Waals surface area contributed by atoms with Crippen LogP contribution in [0.4, 0.5) is 0 Å². The molecule has 2 aromatic carbocycles. The van der Waals surface area contributed by atoms with Gasteiger partial charge in [0, 0.05) is 20.1 Å². The first-order chi connectivity index (χ1) is 14.5. The van der Waals surface area contributed by atoms with E-state index in [4.69, 9.17) is 14.2 Å². The zero-order valence-electron chi connectivity index (χ0n) is 18.3. The molecule has 2 aromatic rings. The van der Waals surface area contributed by atoms with Gasteiger partial charge in [0.05, 0.1) is 26.8 Å². The molecule has 1 saturated heterocycles. The first-order valence-electron chi connectivity index (χ1n) is 10.4. The van der Waals surface area contributed by atoms with Crippen molar-refractivity contribution in [1.82, 2.24) is 9.80 Å². The predicted octanol–water partition coefficient (Wildman–Crippen LogP) is 3.77. The van der Waals surface area contributed by atoms with Crippen LogP contribution in [0.25, 0.3) is 0 Å². The average Bonchev–Trinajstić information content (AvgIpc) is 2.80. The van der Waals surface area contributed by atoms with Crippen molar-refractivity contribution in [3.63, 3.8) is 0 Å². The second-order valence-corrected chi connectivity index (χ2v) is 7.68. The van der Waals surface area contributed by atoms with Crippen molar-refractivity contribution in [2.75, 3.05) is 40.9 Å². The van der Waals surface area contributed by atoms with Crippen LogP contribution in [0.3, 0.4) is 0 Å². The van der Waals surface area contributed by atoms with Gasteiger partial charge in [0.2, 0.25) is 11.7 Å². The molecule has 1 aliphatic rings. The SMILES string of the molecule is COc1cccc(OC)c1OC1CCN(CC(=O)N(C)C(C)c2ccccc2)CC1. The summed E-state index contributed by atoms with van der Waals surface area (Å²) in [4.78, 5) is 16.8. The summed E-state index contributed by atoms with van der Waals surface area (Å²) in [6.07, 6.45) is 1.78. The fraction of sp³-hybridized carbons (Fsp3) is 0.458. The van der Waals surface area contributed by atoms with Crippen LogP contribution in [-0.4, -0.2) is 62.7 Å². The van der Waals surface area contributed by atoms with Crippen LogP contribution in [0.1, 0.15) is 31.4 Å². The smallest absolute Gasteiger partial charge is 0.236 e. The van der Waals surface area contributed by atoms with Crippen molar-refractivity contribution in [2.24, 2.45) is 0 Å². The third kappa shape index (κ3) is 5.25. The number of piperidine rings is 1. The van der Waals surface area contributed by atoms with Gasteiger partial charge in [-0.25, -0.2) is 0 Å². The normalized spacial score (nSPS) is 16.0. The lowest BCUT2D eigenvalue weighted by Gasteiger charge is -2.34. The molecule has 6 nitrogen and oxygen atoms in total. The number of hydrogen-bond acceptors (Lipinski definition) is 5. The largest absolute Gasteiger partial charge is 0.493 e. The topological polar surface area (TPSA) is 51.2 Å². The molecule has 30 heavy (non-hydrogen) atoms. The number of nitrogens with zero attached hydrogens (tertiary/aromatic N) is 2. The van der Waals surface area contributed by atoms with Crippen molar-refractivity contribution in [3.8, 4) is 17.2 Å². The third-order valence-corrected chi connectivity index (χ3v) is 5.82. The van der Waals surface area contributed by atoms with Crippen LogP contribution in [0.15, 0.2) is 48.5 Å². The zero-order chi connectivity index (χ0) is 21.5. The second kappa shape index (κ2) is 10.3. The molecule has 162 valence electrons. The molecule has 0 N–H and O–H groups in total. The molecular formula is C24H32N2O4. The van der Waals surface area contributed by atoms with Gasteiger partial charge in [-0.2, -0.15) is 0 Å². The maximum atomic E-state index is 12.8. The highest BCUT2D eigenvalue weighted by Crippen LogP contribution is 2.38. The van der Waals surface area contributed by atoms with Crippen molar-refractivity contribution in [1.29, 1.82) is 0 Å². The molecule has 1 aliphatic heterocycles. The lowest BCUT2D eigenvalue weighted by molar-refractivity contribution is -0.133. The Bertz CT molecular complexity index is 797. The van der Waals surface area contributed by atoms with E-state index in [-0.39, 0.29) is 18.1 Å². The van der Waals surface area contributed by atoms with E-state index in [9.17, 15) is 4.79 Å². The number of benzene rings is 2. The fourth-order valence-corrected chi connectivity index (χ4v) is 3.76. The molecular weight excluding hydrogens is 380 g/mol. The van der Waals surface area contributed by atoms with Gasteiger partial charge in [0.25, 0.3) is 0 Å². The van der Waals surface area contributed by atoms with Gasteiger partial charge in [-0.05, 0) is 37.5 Å². The van der Waals surface area contributed by atoms with Gasteiger partial charge in [-0.1, -0.05) is 36.4 Å². The Morgan fingerprint density at radius 3 is 2.20 bits per heavy atom. The number of hydrogen-bond donors (Lipinski definition) is 0. The van der Waals surface area contributed by atoms with E-state index in [1.807, 2.05) is 48.3 Å². The van der Waals surface area contributed by atoms with E-state index in [1.54, 1.807) is 14.2 Å². The fourth-order valence-electron chi connectivity index (χ4n) is 3.76. The van der Waals surface area contributed by atoms with Crippen molar-refractivity contribution < 1.29 is 19.0 Å². The Labute approximate surface area is 179 Å². The minimum absolute atomic E-state index is 0.0533. The maximum Gasteiger partial charge on any atom is 0.236 e. The first-order valence-corrected chi connectivity index (χ1v) is 10.4. The molecule has 1 atom stereocenters.